The Morgan fingerprint density at radius 3 is 2.59 bits per heavy atom. The Bertz CT molecular complexity index is 620. The van der Waals surface area contributed by atoms with Gasteiger partial charge in [0.25, 0.3) is 0 Å². The topological polar surface area (TPSA) is 42.4 Å². The number of hydrogen-bond acceptors (Lipinski definition) is 4. The molecular formula is C17H22N2O2S. The van der Waals surface area contributed by atoms with Crippen LogP contribution in [0.1, 0.15) is 37.0 Å². The Kier molecular flexibility index (Phi) is 5.55. The van der Waals surface area contributed by atoms with Gasteiger partial charge in [-0.05, 0) is 32.9 Å². The van der Waals surface area contributed by atoms with E-state index in [1.807, 2.05) is 50.4 Å². The lowest BCUT2D eigenvalue weighted by Gasteiger charge is -2.24. The van der Waals surface area contributed by atoms with E-state index in [1.165, 1.54) is 5.56 Å². The number of ether oxygens (including phenoxy) is 1. The molecule has 0 N–H and O–H groups in total. The van der Waals surface area contributed by atoms with Gasteiger partial charge < -0.3 is 9.64 Å². The van der Waals surface area contributed by atoms with Crippen LogP contribution in [0.4, 0.5) is 0 Å². The molecule has 0 aliphatic rings. The smallest absolute Gasteiger partial charge is 0.220 e. The number of thiazole rings is 1. The minimum absolute atomic E-state index is 0.0699. The molecule has 0 spiro atoms. The monoisotopic (exact) mass is 318 g/mol. The van der Waals surface area contributed by atoms with E-state index in [0.29, 0.717) is 13.2 Å². The fraction of sp³-hybridized carbons (Fsp3) is 0.412. The van der Waals surface area contributed by atoms with Gasteiger partial charge in [-0.2, -0.15) is 0 Å². The molecular weight excluding hydrogens is 296 g/mol. The van der Waals surface area contributed by atoms with Crippen molar-refractivity contribution in [3.05, 3.63) is 45.9 Å². The summed E-state index contributed by atoms with van der Waals surface area (Å²) in [6.45, 7) is 8.66. The van der Waals surface area contributed by atoms with Gasteiger partial charge in [0.2, 0.25) is 5.91 Å². The molecule has 118 valence electrons. The van der Waals surface area contributed by atoms with Gasteiger partial charge in [-0.15, -0.1) is 11.3 Å². The molecule has 0 saturated heterocycles. The van der Waals surface area contributed by atoms with Crippen molar-refractivity contribution in [3.8, 4) is 5.75 Å². The summed E-state index contributed by atoms with van der Waals surface area (Å²) in [6, 6.07) is 8.14. The summed E-state index contributed by atoms with van der Waals surface area (Å²) >= 11 is 1.56. The summed E-state index contributed by atoms with van der Waals surface area (Å²) in [5, 5.41) is 2.91. The van der Waals surface area contributed by atoms with Gasteiger partial charge in [0, 0.05) is 18.3 Å². The normalized spacial score (nSPS) is 10.8. The average Bonchev–Trinajstić information content (AvgIpc) is 2.91. The molecule has 4 nitrogen and oxygen atoms in total. The van der Waals surface area contributed by atoms with Crippen molar-refractivity contribution < 1.29 is 9.53 Å². The Balaban J connectivity index is 1.93. The fourth-order valence-corrected chi connectivity index (χ4v) is 2.80. The zero-order valence-electron chi connectivity index (χ0n) is 13.5. The molecule has 1 amide bonds. The van der Waals surface area contributed by atoms with Gasteiger partial charge in [-0.25, -0.2) is 4.98 Å². The number of nitrogens with zero attached hydrogens (tertiary/aromatic N) is 2. The zero-order valence-corrected chi connectivity index (χ0v) is 14.3. The Morgan fingerprint density at radius 1 is 1.32 bits per heavy atom. The predicted octanol–water partition coefficient (Wildman–Crippen LogP) is 3.79. The van der Waals surface area contributed by atoms with Crippen molar-refractivity contribution in [2.75, 3.05) is 0 Å². The molecule has 0 aliphatic heterocycles. The van der Waals surface area contributed by atoms with Crippen molar-refractivity contribution in [2.24, 2.45) is 0 Å². The number of rotatable bonds is 6. The third-order valence-electron chi connectivity index (χ3n) is 3.34. The lowest BCUT2D eigenvalue weighted by atomic mass is 10.2. The number of aryl methyl sites for hydroxylation is 1. The summed E-state index contributed by atoms with van der Waals surface area (Å²) in [5.74, 6) is 0.912. The van der Waals surface area contributed by atoms with Gasteiger partial charge in [0.15, 0.2) is 0 Å². The summed E-state index contributed by atoms with van der Waals surface area (Å²) in [6.07, 6.45) is 0. The van der Waals surface area contributed by atoms with Crippen LogP contribution in [-0.4, -0.2) is 21.8 Å². The molecule has 1 heterocycles. The van der Waals surface area contributed by atoms with E-state index in [9.17, 15) is 4.79 Å². The Morgan fingerprint density at radius 2 is 2.00 bits per heavy atom. The van der Waals surface area contributed by atoms with E-state index in [4.69, 9.17) is 4.74 Å². The number of benzene rings is 1. The zero-order chi connectivity index (χ0) is 16.1. The highest BCUT2D eigenvalue weighted by molar-refractivity contribution is 7.09. The quantitative estimate of drug-likeness (QED) is 0.814. The van der Waals surface area contributed by atoms with Gasteiger partial charge in [0.05, 0.1) is 12.2 Å². The minimum Gasteiger partial charge on any atom is -0.486 e. The Labute approximate surface area is 135 Å². The maximum atomic E-state index is 11.6. The number of carbonyl (C=O) groups is 1. The number of hydrogen-bond donors (Lipinski definition) is 0. The number of aromatic nitrogens is 1. The first kappa shape index (κ1) is 16.5. The van der Waals surface area contributed by atoms with Gasteiger partial charge >= 0.3 is 0 Å². The second kappa shape index (κ2) is 7.40. The second-order valence-corrected chi connectivity index (χ2v) is 6.52. The van der Waals surface area contributed by atoms with E-state index in [2.05, 4.69) is 4.98 Å². The number of amides is 1. The molecule has 0 saturated carbocycles. The molecule has 0 atom stereocenters. The highest BCUT2D eigenvalue weighted by atomic mass is 32.1. The molecule has 2 rings (SSSR count). The third kappa shape index (κ3) is 4.56. The van der Waals surface area contributed by atoms with E-state index >= 15 is 0 Å². The van der Waals surface area contributed by atoms with Gasteiger partial charge in [0.1, 0.15) is 17.4 Å². The van der Waals surface area contributed by atoms with Crippen LogP contribution in [0.25, 0.3) is 0 Å². The van der Waals surface area contributed by atoms with Crippen LogP contribution >= 0.6 is 11.3 Å². The molecule has 5 heteroatoms. The first-order chi connectivity index (χ1) is 10.5. The van der Waals surface area contributed by atoms with Crippen molar-refractivity contribution >= 4 is 17.2 Å². The lowest BCUT2D eigenvalue weighted by molar-refractivity contribution is -0.131. The van der Waals surface area contributed by atoms with Crippen molar-refractivity contribution in [2.45, 2.75) is 46.9 Å². The molecule has 22 heavy (non-hydrogen) atoms. The molecule has 0 radical (unpaired) electrons. The van der Waals surface area contributed by atoms with Crippen molar-refractivity contribution in [3.63, 3.8) is 0 Å². The SMILES string of the molecule is CC(=O)N(Cc1csc(COc2ccc(C)cc2)n1)C(C)C. The standard InChI is InChI=1S/C17H22N2O2S/c1-12(2)19(14(4)20)9-15-11-22-17(18-15)10-21-16-7-5-13(3)6-8-16/h5-8,11-12H,9-10H2,1-4H3. The predicted molar refractivity (Wildman–Crippen MR) is 89.0 cm³/mol. The minimum atomic E-state index is 0.0699. The van der Waals surface area contributed by atoms with Crippen LogP contribution < -0.4 is 4.74 Å². The fourth-order valence-electron chi connectivity index (χ4n) is 2.10. The summed E-state index contributed by atoms with van der Waals surface area (Å²) in [4.78, 5) is 18.0. The van der Waals surface area contributed by atoms with Crippen LogP contribution in [0.5, 0.6) is 5.75 Å². The van der Waals surface area contributed by atoms with E-state index < -0.39 is 0 Å². The van der Waals surface area contributed by atoms with E-state index in [1.54, 1.807) is 23.2 Å². The van der Waals surface area contributed by atoms with Crippen molar-refractivity contribution in [1.82, 2.24) is 9.88 Å². The highest BCUT2D eigenvalue weighted by Crippen LogP contribution is 2.17. The summed E-state index contributed by atoms with van der Waals surface area (Å²) < 4.78 is 5.73. The molecule has 0 fully saturated rings. The average molecular weight is 318 g/mol. The third-order valence-corrected chi connectivity index (χ3v) is 4.21. The van der Waals surface area contributed by atoms with Crippen LogP contribution in [0.3, 0.4) is 0 Å². The maximum Gasteiger partial charge on any atom is 0.220 e. The summed E-state index contributed by atoms with van der Waals surface area (Å²) in [7, 11) is 0. The van der Waals surface area contributed by atoms with Gasteiger partial charge in [-0.3, -0.25) is 4.79 Å². The van der Waals surface area contributed by atoms with E-state index in [0.717, 1.165) is 16.5 Å². The first-order valence-corrected chi connectivity index (χ1v) is 8.23. The second-order valence-electron chi connectivity index (χ2n) is 5.57. The number of carbonyl (C=O) groups excluding carboxylic acids is 1. The molecule has 0 aliphatic carbocycles. The molecule has 0 unspecified atom stereocenters. The molecule has 1 aromatic heterocycles. The molecule has 1 aromatic carbocycles. The van der Waals surface area contributed by atoms with E-state index in [-0.39, 0.29) is 11.9 Å². The largest absolute Gasteiger partial charge is 0.486 e. The van der Waals surface area contributed by atoms with Crippen LogP contribution in [0, 0.1) is 6.92 Å². The van der Waals surface area contributed by atoms with Crippen molar-refractivity contribution in [1.29, 1.82) is 0 Å². The molecule has 2 aromatic rings. The van der Waals surface area contributed by atoms with Gasteiger partial charge in [-0.1, -0.05) is 17.7 Å². The Hall–Kier alpha value is -1.88. The van der Waals surface area contributed by atoms with Crippen LogP contribution in [-0.2, 0) is 17.9 Å². The maximum absolute atomic E-state index is 11.6. The first-order valence-electron chi connectivity index (χ1n) is 7.35. The molecule has 0 bridgehead atoms. The van der Waals surface area contributed by atoms with Crippen LogP contribution in [0.2, 0.25) is 0 Å². The highest BCUT2D eigenvalue weighted by Gasteiger charge is 2.15. The summed E-state index contributed by atoms with van der Waals surface area (Å²) in [5.41, 5.74) is 2.12. The lowest BCUT2D eigenvalue weighted by Crippen LogP contribution is -2.34. The van der Waals surface area contributed by atoms with Crippen LogP contribution in [0.15, 0.2) is 29.6 Å².